The van der Waals surface area contributed by atoms with Gasteiger partial charge in [0.15, 0.2) is 11.5 Å². The number of nitrogens with one attached hydrogen (secondary N) is 1. The first kappa shape index (κ1) is 17.1. The lowest BCUT2D eigenvalue weighted by molar-refractivity contribution is 0.112. The number of hydrogen-bond acceptors (Lipinski definition) is 4. The number of rotatable bonds is 9. The van der Waals surface area contributed by atoms with Crippen LogP contribution in [0.25, 0.3) is 0 Å². The van der Waals surface area contributed by atoms with Crippen LogP contribution < -0.4 is 14.8 Å². The molecule has 1 unspecified atom stereocenters. The second kappa shape index (κ2) is 9.06. The third-order valence-corrected chi connectivity index (χ3v) is 3.22. The maximum absolute atomic E-state index is 6.25. The smallest absolute Gasteiger partial charge is 0.179 e. The highest BCUT2D eigenvalue weighted by atomic mass is 35.5. The van der Waals surface area contributed by atoms with Gasteiger partial charge >= 0.3 is 0 Å². The average molecular weight is 302 g/mol. The van der Waals surface area contributed by atoms with Crippen molar-refractivity contribution < 1.29 is 14.2 Å². The molecule has 0 aromatic heterocycles. The van der Waals surface area contributed by atoms with Crippen LogP contribution in [0.15, 0.2) is 12.1 Å². The number of benzene rings is 1. The van der Waals surface area contributed by atoms with Crippen molar-refractivity contribution in [2.75, 3.05) is 34.0 Å². The van der Waals surface area contributed by atoms with E-state index in [0.717, 1.165) is 25.1 Å². The van der Waals surface area contributed by atoms with Crippen molar-refractivity contribution in [1.82, 2.24) is 5.32 Å². The molecule has 0 aliphatic rings. The van der Waals surface area contributed by atoms with E-state index in [1.807, 2.05) is 12.1 Å². The van der Waals surface area contributed by atoms with Crippen LogP contribution in [0.3, 0.4) is 0 Å². The van der Waals surface area contributed by atoms with Crippen LogP contribution in [0, 0.1) is 0 Å². The summed E-state index contributed by atoms with van der Waals surface area (Å²) in [5.74, 6) is 1.19. The summed E-state index contributed by atoms with van der Waals surface area (Å²) in [6.45, 7) is 6.37. The number of ether oxygens (including phenoxy) is 3. The van der Waals surface area contributed by atoms with Crippen LogP contribution in [0.4, 0.5) is 0 Å². The standard InChI is InChI=1S/C15H24ClNO3/c1-5-7-20-10-13(17-6-2)11-8-12(16)15(19-4)14(9-11)18-3/h8-9,13,17H,5-7,10H2,1-4H3. The summed E-state index contributed by atoms with van der Waals surface area (Å²) in [6, 6.07) is 3.92. The highest BCUT2D eigenvalue weighted by Gasteiger charge is 2.17. The van der Waals surface area contributed by atoms with E-state index in [2.05, 4.69) is 19.2 Å². The van der Waals surface area contributed by atoms with E-state index in [1.54, 1.807) is 14.2 Å². The molecule has 0 amide bonds. The predicted molar refractivity (Wildman–Crippen MR) is 82.1 cm³/mol. The van der Waals surface area contributed by atoms with Crippen molar-refractivity contribution >= 4 is 11.6 Å². The minimum atomic E-state index is 0.0869. The molecule has 0 spiro atoms. The fourth-order valence-corrected chi connectivity index (χ4v) is 2.30. The molecule has 0 fully saturated rings. The topological polar surface area (TPSA) is 39.7 Å². The summed E-state index contributed by atoms with van der Waals surface area (Å²) in [5.41, 5.74) is 1.03. The Kier molecular flexibility index (Phi) is 7.73. The summed E-state index contributed by atoms with van der Waals surface area (Å²) in [7, 11) is 3.18. The Bertz CT molecular complexity index is 412. The fourth-order valence-electron chi connectivity index (χ4n) is 2.00. The van der Waals surface area contributed by atoms with Gasteiger partial charge in [-0.25, -0.2) is 0 Å². The van der Waals surface area contributed by atoms with Crippen LogP contribution in [0.2, 0.25) is 5.02 Å². The van der Waals surface area contributed by atoms with E-state index >= 15 is 0 Å². The Balaban J connectivity index is 2.97. The Hall–Kier alpha value is -0.970. The highest BCUT2D eigenvalue weighted by molar-refractivity contribution is 6.32. The largest absolute Gasteiger partial charge is 0.493 e. The number of hydrogen-bond donors (Lipinski definition) is 1. The summed E-state index contributed by atoms with van der Waals surface area (Å²) >= 11 is 6.25. The van der Waals surface area contributed by atoms with E-state index in [0.29, 0.717) is 23.1 Å². The van der Waals surface area contributed by atoms with Crippen LogP contribution in [-0.4, -0.2) is 34.0 Å². The second-order valence-electron chi connectivity index (χ2n) is 4.42. The molecule has 1 atom stereocenters. The molecule has 5 heteroatoms. The normalized spacial score (nSPS) is 12.2. The number of likely N-dealkylation sites (N-methyl/N-ethyl adjacent to an activating group) is 1. The van der Waals surface area contributed by atoms with Gasteiger partial charge in [-0.1, -0.05) is 25.4 Å². The molecule has 114 valence electrons. The van der Waals surface area contributed by atoms with E-state index in [9.17, 15) is 0 Å². The second-order valence-corrected chi connectivity index (χ2v) is 4.83. The zero-order chi connectivity index (χ0) is 15.0. The summed E-state index contributed by atoms with van der Waals surface area (Å²) < 4.78 is 16.2. The first-order valence-corrected chi connectivity index (χ1v) is 7.28. The van der Waals surface area contributed by atoms with Gasteiger partial charge in [0.1, 0.15) is 0 Å². The fraction of sp³-hybridized carbons (Fsp3) is 0.600. The Morgan fingerprint density at radius 2 is 1.95 bits per heavy atom. The van der Waals surface area contributed by atoms with Crippen LogP contribution >= 0.6 is 11.6 Å². The van der Waals surface area contributed by atoms with Gasteiger partial charge in [0.05, 0.1) is 31.9 Å². The lowest BCUT2D eigenvalue weighted by atomic mass is 10.1. The number of methoxy groups -OCH3 is 2. The van der Waals surface area contributed by atoms with Gasteiger partial charge in [0.2, 0.25) is 0 Å². The SMILES string of the molecule is CCCOCC(NCC)c1cc(Cl)c(OC)c(OC)c1. The van der Waals surface area contributed by atoms with Gasteiger partial charge < -0.3 is 19.5 Å². The molecule has 0 aliphatic heterocycles. The first-order chi connectivity index (χ1) is 9.67. The molecule has 0 radical (unpaired) electrons. The van der Waals surface area contributed by atoms with Gasteiger partial charge in [0, 0.05) is 6.61 Å². The first-order valence-electron chi connectivity index (χ1n) is 6.90. The molecule has 0 saturated heterocycles. The molecule has 1 aromatic rings. The third-order valence-electron chi connectivity index (χ3n) is 2.94. The van der Waals surface area contributed by atoms with Crippen molar-refractivity contribution in [3.63, 3.8) is 0 Å². The summed E-state index contributed by atoms with van der Waals surface area (Å²) in [6.07, 6.45) is 1.01. The maximum Gasteiger partial charge on any atom is 0.179 e. The molecule has 1 rings (SSSR count). The van der Waals surface area contributed by atoms with Crippen LogP contribution in [0.1, 0.15) is 31.9 Å². The van der Waals surface area contributed by atoms with Gasteiger partial charge in [-0.3, -0.25) is 0 Å². The molecule has 0 bridgehead atoms. The van der Waals surface area contributed by atoms with E-state index in [4.69, 9.17) is 25.8 Å². The molecule has 0 saturated carbocycles. The quantitative estimate of drug-likeness (QED) is 0.709. The molecule has 20 heavy (non-hydrogen) atoms. The van der Waals surface area contributed by atoms with Crippen molar-refractivity contribution in [1.29, 1.82) is 0 Å². The summed E-state index contributed by atoms with van der Waals surface area (Å²) in [5, 5.41) is 3.94. The monoisotopic (exact) mass is 301 g/mol. The zero-order valence-electron chi connectivity index (χ0n) is 12.7. The molecule has 0 heterocycles. The molecule has 0 aliphatic carbocycles. The Labute approximate surface area is 126 Å². The van der Waals surface area contributed by atoms with Crippen LogP contribution in [-0.2, 0) is 4.74 Å². The molecule has 4 nitrogen and oxygen atoms in total. The van der Waals surface area contributed by atoms with Gasteiger partial charge in [-0.15, -0.1) is 0 Å². The van der Waals surface area contributed by atoms with E-state index in [1.165, 1.54) is 0 Å². The molecule has 1 N–H and O–H groups in total. The lowest BCUT2D eigenvalue weighted by Crippen LogP contribution is -2.25. The van der Waals surface area contributed by atoms with Gasteiger partial charge in [-0.05, 0) is 30.7 Å². The van der Waals surface area contributed by atoms with Crippen molar-refractivity contribution in [3.8, 4) is 11.5 Å². The van der Waals surface area contributed by atoms with Crippen molar-refractivity contribution in [3.05, 3.63) is 22.7 Å². The Morgan fingerprint density at radius 3 is 2.50 bits per heavy atom. The van der Waals surface area contributed by atoms with Crippen LogP contribution in [0.5, 0.6) is 11.5 Å². The third kappa shape index (κ3) is 4.54. The van der Waals surface area contributed by atoms with E-state index in [-0.39, 0.29) is 6.04 Å². The van der Waals surface area contributed by atoms with Gasteiger partial charge in [0.25, 0.3) is 0 Å². The zero-order valence-corrected chi connectivity index (χ0v) is 13.4. The molecule has 1 aromatic carbocycles. The van der Waals surface area contributed by atoms with Crippen molar-refractivity contribution in [2.45, 2.75) is 26.3 Å². The minimum Gasteiger partial charge on any atom is -0.493 e. The van der Waals surface area contributed by atoms with Gasteiger partial charge in [-0.2, -0.15) is 0 Å². The van der Waals surface area contributed by atoms with Crippen molar-refractivity contribution in [2.24, 2.45) is 0 Å². The number of halogens is 1. The average Bonchev–Trinajstić information content (AvgIpc) is 2.45. The lowest BCUT2D eigenvalue weighted by Gasteiger charge is -2.20. The maximum atomic E-state index is 6.25. The van der Waals surface area contributed by atoms with E-state index < -0.39 is 0 Å². The summed E-state index contributed by atoms with van der Waals surface area (Å²) in [4.78, 5) is 0. The predicted octanol–water partition coefficient (Wildman–Crippen LogP) is 3.43. The minimum absolute atomic E-state index is 0.0869. The Morgan fingerprint density at radius 1 is 1.20 bits per heavy atom. The highest BCUT2D eigenvalue weighted by Crippen LogP contribution is 2.37. The molecular weight excluding hydrogens is 278 g/mol. The molecular formula is C15H24ClNO3.